The van der Waals surface area contributed by atoms with Crippen molar-refractivity contribution in [1.82, 2.24) is 14.9 Å². The summed E-state index contributed by atoms with van der Waals surface area (Å²) in [6.07, 6.45) is 11.6. The number of nitrogens with zero attached hydrogens (tertiary/aromatic N) is 4. The van der Waals surface area contributed by atoms with E-state index in [1.165, 1.54) is 28.1 Å². The van der Waals surface area contributed by atoms with Crippen LogP contribution in [0.1, 0.15) is 91.3 Å². The van der Waals surface area contributed by atoms with E-state index in [-0.39, 0.29) is 0 Å². The van der Waals surface area contributed by atoms with Crippen molar-refractivity contribution in [3.63, 3.8) is 0 Å². The van der Waals surface area contributed by atoms with Gasteiger partial charge in [0.05, 0.1) is 6.54 Å². The summed E-state index contributed by atoms with van der Waals surface area (Å²) in [5, 5.41) is 0. The van der Waals surface area contributed by atoms with Crippen LogP contribution in [-0.4, -0.2) is 29.0 Å². The van der Waals surface area contributed by atoms with Crippen LogP contribution in [0.2, 0.25) is 0 Å². The minimum Gasteiger partial charge on any atom is -0.300 e. The second-order valence-corrected chi connectivity index (χ2v) is 10.5. The van der Waals surface area contributed by atoms with Gasteiger partial charge in [-0.3, -0.25) is 9.88 Å². The lowest BCUT2D eigenvalue weighted by Gasteiger charge is -2.16. The first-order valence-electron chi connectivity index (χ1n) is 12.7. The highest BCUT2D eigenvalue weighted by molar-refractivity contribution is 5.30. The van der Waals surface area contributed by atoms with Gasteiger partial charge < -0.3 is 0 Å². The van der Waals surface area contributed by atoms with Crippen LogP contribution in [0.25, 0.3) is 0 Å². The highest BCUT2D eigenvalue weighted by Gasteiger charge is 2.19. The fraction of sp³-hybridized carbons (Fsp3) is 0.452. The zero-order chi connectivity index (χ0) is 25.5. The first kappa shape index (κ1) is 26.6. The van der Waals surface area contributed by atoms with E-state index in [1.54, 1.807) is 0 Å². The van der Waals surface area contributed by atoms with Crippen molar-refractivity contribution >= 4 is 0 Å². The van der Waals surface area contributed by atoms with Gasteiger partial charge in [-0.15, -0.1) is 6.42 Å². The van der Waals surface area contributed by atoms with Crippen LogP contribution in [0, 0.1) is 19.3 Å². The molecular weight excluding hydrogens is 428 g/mol. The maximum Gasteiger partial charge on any atom is 0.195 e. The molecule has 0 aliphatic carbocycles. The molecule has 0 amide bonds. The van der Waals surface area contributed by atoms with Crippen LogP contribution in [-0.2, 0) is 19.5 Å². The van der Waals surface area contributed by atoms with Gasteiger partial charge in [-0.1, -0.05) is 33.6 Å². The summed E-state index contributed by atoms with van der Waals surface area (Å²) in [6, 6.07) is 13.3. The third kappa shape index (κ3) is 7.47. The number of rotatable bonds is 10. The smallest absolute Gasteiger partial charge is 0.195 e. The molecule has 0 aliphatic heterocycles. The lowest BCUT2D eigenvalue weighted by atomic mass is 9.94. The minimum absolute atomic E-state index is 0.391. The quantitative estimate of drug-likeness (QED) is 0.279. The second kappa shape index (κ2) is 12.1. The first-order chi connectivity index (χ1) is 16.7. The van der Waals surface area contributed by atoms with Crippen LogP contribution in [0.5, 0.6) is 0 Å². The lowest BCUT2D eigenvalue weighted by molar-refractivity contribution is -0.707. The molecule has 0 aliphatic rings. The zero-order valence-electron chi connectivity index (χ0n) is 22.5. The maximum absolute atomic E-state index is 5.53. The number of aryl methyl sites for hydroxylation is 2. The zero-order valence-corrected chi connectivity index (χ0v) is 22.5. The molecule has 0 saturated carbocycles. The van der Waals surface area contributed by atoms with Crippen molar-refractivity contribution in [2.24, 2.45) is 0 Å². The molecule has 184 valence electrons. The Kier molecular flexibility index (Phi) is 9.18. The summed E-state index contributed by atoms with van der Waals surface area (Å²) in [7, 11) is 4.27. The van der Waals surface area contributed by atoms with Crippen LogP contribution >= 0.6 is 0 Å². The Labute approximate surface area is 212 Å². The van der Waals surface area contributed by atoms with E-state index in [2.05, 4.69) is 106 Å². The van der Waals surface area contributed by atoms with E-state index in [0.717, 1.165) is 31.6 Å². The van der Waals surface area contributed by atoms with Crippen LogP contribution in [0.15, 0.2) is 48.8 Å². The molecule has 0 saturated heterocycles. The molecule has 35 heavy (non-hydrogen) atoms. The monoisotopic (exact) mass is 469 g/mol. The molecule has 4 nitrogen and oxygen atoms in total. The van der Waals surface area contributed by atoms with Gasteiger partial charge in [-0.25, -0.2) is 9.55 Å². The normalized spacial score (nSPS) is 13.1. The number of hydrogen-bond acceptors (Lipinski definition) is 3. The minimum atomic E-state index is 0.391. The van der Waals surface area contributed by atoms with Crippen molar-refractivity contribution in [3.8, 4) is 12.3 Å². The molecule has 3 rings (SSSR count). The summed E-state index contributed by atoms with van der Waals surface area (Å²) >= 11 is 0. The van der Waals surface area contributed by atoms with Crippen LogP contribution < -0.4 is 4.57 Å². The van der Waals surface area contributed by atoms with Gasteiger partial charge in [0.15, 0.2) is 18.4 Å². The van der Waals surface area contributed by atoms with Gasteiger partial charge in [0, 0.05) is 35.6 Å². The van der Waals surface area contributed by atoms with Gasteiger partial charge in [-0.05, 0) is 86.7 Å². The van der Waals surface area contributed by atoms with Crippen LogP contribution in [0.3, 0.4) is 0 Å². The van der Waals surface area contributed by atoms with E-state index in [1.807, 2.05) is 12.3 Å². The molecule has 0 fully saturated rings. The summed E-state index contributed by atoms with van der Waals surface area (Å²) in [6.45, 7) is 13.1. The third-order valence-electron chi connectivity index (χ3n) is 6.70. The molecular formula is C31H41N4+. The summed E-state index contributed by atoms with van der Waals surface area (Å²) < 4.78 is 2.42. The summed E-state index contributed by atoms with van der Waals surface area (Å²) in [5.41, 5.74) is 8.30. The van der Waals surface area contributed by atoms with Gasteiger partial charge in [0.25, 0.3) is 0 Å². The average molecular weight is 470 g/mol. The fourth-order valence-electron chi connectivity index (χ4n) is 4.54. The fourth-order valence-corrected chi connectivity index (χ4v) is 4.54. The van der Waals surface area contributed by atoms with Gasteiger partial charge in [-0.2, -0.15) is 0 Å². The Balaban J connectivity index is 1.75. The lowest BCUT2D eigenvalue weighted by Crippen LogP contribution is -2.42. The Morgan fingerprint density at radius 1 is 0.971 bits per heavy atom. The van der Waals surface area contributed by atoms with Crippen molar-refractivity contribution in [2.45, 2.75) is 78.3 Å². The molecule has 0 radical (unpaired) electrons. The molecule has 2 unspecified atom stereocenters. The molecule has 3 aromatic heterocycles. The number of pyridine rings is 3. The maximum atomic E-state index is 5.53. The van der Waals surface area contributed by atoms with Gasteiger partial charge in [0.2, 0.25) is 0 Å². The van der Waals surface area contributed by atoms with E-state index < -0.39 is 0 Å². The molecule has 0 N–H and O–H groups in total. The van der Waals surface area contributed by atoms with Gasteiger partial charge >= 0.3 is 0 Å². The molecule has 0 spiro atoms. The van der Waals surface area contributed by atoms with E-state index in [4.69, 9.17) is 11.4 Å². The SMILES string of the molecule is C#Cc1cc(C(C)CCc2cc(C(C)C[n+]3ccc(C(C)C)cc3CN(C)C)cc(C)n2)ccn1. The third-order valence-corrected chi connectivity index (χ3v) is 6.70. The van der Waals surface area contributed by atoms with Crippen molar-refractivity contribution in [1.29, 1.82) is 0 Å². The van der Waals surface area contributed by atoms with Crippen molar-refractivity contribution in [2.75, 3.05) is 14.1 Å². The van der Waals surface area contributed by atoms with E-state index in [0.29, 0.717) is 23.4 Å². The number of hydrogen-bond donors (Lipinski definition) is 0. The Hall–Kier alpha value is -3.03. The van der Waals surface area contributed by atoms with E-state index >= 15 is 0 Å². The molecule has 0 aromatic carbocycles. The van der Waals surface area contributed by atoms with Crippen LogP contribution in [0.4, 0.5) is 0 Å². The molecule has 3 aromatic rings. The molecule has 0 bridgehead atoms. The van der Waals surface area contributed by atoms with Crippen molar-refractivity contribution in [3.05, 3.63) is 88.3 Å². The highest BCUT2D eigenvalue weighted by Crippen LogP contribution is 2.24. The number of terminal acetylenes is 1. The Morgan fingerprint density at radius 2 is 1.74 bits per heavy atom. The average Bonchev–Trinajstić information content (AvgIpc) is 2.82. The Bertz CT molecular complexity index is 1170. The Morgan fingerprint density at radius 3 is 2.43 bits per heavy atom. The summed E-state index contributed by atoms with van der Waals surface area (Å²) in [4.78, 5) is 11.3. The molecule has 2 atom stereocenters. The topological polar surface area (TPSA) is 32.9 Å². The second-order valence-electron chi connectivity index (χ2n) is 10.5. The first-order valence-corrected chi connectivity index (χ1v) is 12.7. The summed E-state index contributed by atoms with van der Waals surface area (Å²) in [5.74, 6) is 3.96. The van der Waals surface area contributed by atoms with Gasteiger partial charge in [0.1, 0.15) is 5.69 Å². The highest BCUT2D eigenvalue weighted by atomic mass is 15.1. The number of aromatic nitrogens is 3. The van der Waals surface area contributed by atoms with E-state index in [9.17, 15) is 0 Å². The standard InChI is InChI=1S/C31H41N4/c1-9-29-17-27(12-14-32-29)23(4)10-11-30-18-28(16-25(6)33-30)24(5)20-35-15-13-26(22(2)3)19-31(35)21-34(7)8/h1,12-19,22-24H,10-11,20-21H2,2-8H3/q+1. The molecule has 3 heterocycles. The predicted molar refractivity (Wildman–Crippen MR) is 144 cm³/mol. The predicted octanol–water partition coefficient (Wildman–Crippen LogP) is 5.78. The van der Waals surface area contributed by atoms with Crippen molar-refractivity contribution < 1.29 is 4.57 Å². The largest absolute Gasteiger partial charge is 0.300 e. The molecule has 4 heteroatoms.